The first kappa shape index (κ1) is 15.0. The minimum absolute atomic E-state index is 0.355. The van der Waals surface area contributed by atoms with E-state index >= 15 is 0 Å². The zero-order chi connectivity index (χ0) is 14.5. The molecule has 2 heterocycles. The van der Waals surface area contributed by atoms with Gasteiger partial charge in [0.05, 0.1) is 5.69 Å². The van der Waals surface area contributed by atoms with Crippen LogP contribution in [0.4, 0.5) is 0 Å². The number of nitrogens with zero attached hydrogens (tertiary/aromatic N) is 3. The van der Waals surface area contributed by atoms with Crippen LogP contribution in [-0.2, 0) is 11.3 Å². The van der Waals surface area contributed by atoms with Gasteiger partial charge in [-0.2, -0.15) is 5.10 Å². The highest BCUT2D eigenvalue weighted by Crippen LogP contribution is 2.19. The molecule has 0 aromatic carbocycles. The molecule has 1 aromatic rings. The van der Waals surface area contributed by atoms with Crippen LogP contribution in [-0.4, -0.2) is 38.3 Å². The van der Waals surface area contributed by atoms with E-state index in [0.717, 1.165) is 44.3 Å². The Kier molecular flexibility index (Phi) is 5.17. The molecule has 2 unspecified atom stereocenters. The first-order valence-corrected chi connectivity index (χ1v) is 7.62. The second-order valence-corrected chi connectivity index (χ2v) is 5.72. The standard InChI is InChI=1S/C15H25N3O2/c1-3-12(2)18-10-8-13(16-18)11-17-9-6-4-5-7-14(17)15(19)20/h8,10,12,14H,3-7,9,11H2,1-2H3,(H,19,20). The molecule has 1 N–H and O–H groups in total. The van der Waals surface area contributed by atoms with E-state index < -0.39 is 5.97 Å². The summed E-state index contributed by atoms with van der Waals surface area (Å²) in [5.74, 6) is -0.701. The number of aromatic nitrogens is 2. The van der Waals surface area contributed by atoms with E-state index in [4.69, 9.17) is 0 Å². The molecule has 112 valence electrons. The Balaban J connectivity index is 2.06. The lowest BCUT2D eigenvalue weighted by molar-refractivity contribution is -0.143. The van der Waals surface area contributed by atoms with Crippen molar-refractivity contribution in [1.29, 1.82) is 0 Å². The van der Waals surface area contributed by atoms with Crippen molar-refractivity contribution in [2.45, 2.75) is 64.6 Å². The summed E-state index contributed by atoms with van der Waals surface area (Å²) in [6, 6.07) is 2.05. The van der Waals surface area contributed by atoms with Gasteiger partial charge >= 0.3 is 5.97 Å². The number of hydrogen-bond acceptors (Lipinski definition) is 3. The van der Waals surface area contributed by atoms with Gasteiger partial charge in [0.25, 0.3) is 0 Å². The largest absolute Gasteiger partial charge is 0.480 e. The second-order valence-electron chi connectivity index (χ2n) is 5.72. The number of aliphatic carboxylic acids is 1. The first-order chi connectivity index (χ1) is 9.61. The Morgan fingerprint density at radius 1 is 1.50 bits per heavy atom. The molecule has 2 rings (SSSR count). The van der Waals surface area contributed by atoms with Crippen molar-refractivity contribution in [2.75, 3.05) is 6.54 Å². The van der Waals surface area contributed by atoms with Crippen LogP contribution in [0.3, 0.4) is 0 Å². The predicted molar refractivity (Wildman–Crippen MR) is 77.5 cm³/mol. The van der Waals surface area contributed by atoms with Gasteiger partial charge in [-0.05, 0) is 38.8 Å². The van der Waals surface area contributed by atoms with Crippen LogP contribution in [0.1, 0.15) is 57.7 Å². The Morgan fingerprint density at radius 3 is 3.00 bits per heavy atom. The van der Waals surface area contributed by atoms with E-state index in [1.807, 2.05) is 16.9 Å². The third-order valence-electron chi connectivity index (χ3n) is 4.22. The predicted octanol–water partition coefficient (Wildman–Crippen LogP) is 2.68. The summed E-state index contributed by atoms with van der Waals surface area (Å²) in [5, 5.41) is 14.0. The SMILES string of the molecule is CCC(C)n1ccc(CN2CCCCCC2C(=O)O)n1. The molecule has 0 bridgehead atoms. The monoisotopic (exact) mass is 279 g/mol. The van der Waals surface area contributed by atoms with E-state index in [2.05, 4.69) is 23.8 Å². The van der Waals surface area contributed by atoms with Crippen molar-refractivity contribution in [3.8, 4) is 0 Å². The van der Waals surface area contributed by atoms with Crippen molar-refractivity contribution in [2.24, 2.45) is 0 Å². The summed E-state index contributed by atoms with van der Waals surface area (Å²) in [6.45, 7) is 5.78. The third-order valence-corrected chi connectivity index (χ3v) is 4.22. The number of hydrogen-bond donors (Lipinski definition) is 1. The van der Waals surface area contributed by atoms with Gasteiger partial charge in [0, 0.05) is 18.8 Å². The van der Waals surface area contributed by atoms with Crippen molar-refractivity contribution < 1.29 is 9.90 Å². The van der Waals surface area contributed by atoms with Gasteiger partial charge in [0.15, 0.2) is 0 Å². The minimum atomic E-state index is -0.701. The molecule has 0 aliphatic carbocycles. The Morgan fingerprint density at radius 2 is 2.30 bits per heavy atom. The Hall–Kier alpha value is -1.36. The molecule has 5 heteroatoms. The molecule has 1 saturated heterocycles. The normalized spacial score (nSPS) is 22.4. The highest BCUT2D eigenvalue weighted by Gasteiger charge is 2.27. The number of carboxylic acid groups (broad SMARTS) is 1. The molecule has 2 atom stereocenters. The molecule has 0 saturated carbocycles. The summed E-state index contributed by atoms with van der Waals surface area (Å²) in [6.07, 6.45) is 7.01. The number of rotatable bonds is 5. The zero-order valence-corrected chi connectivity index (χ0v) is 12.5. The van der Waals surface area contributed by atoms with Crippen LogP contribution < -0.4 is 0 Å². The third kappa shape index (κ3) is 3.60. The summed E-state index contributed by atoms with van der Waals surface area (Å²) in [4.78, 5) is 13.5. The maximum absolute atomic E-state index is 11.4. The summed E-state index contributed by atoms with van der Waals surface area (Å²) < 4.78 is 1.98. The molecule has 0 amide bonds. The fourth-order valence-corrected chi connectivity index (χ4v) is 2.74. The first-order valence-electron chi connectivity index (χ1n) is 7.62. The molecule has 20 heavy (non-hydrogen) atoms. The van der Waals surface area contributed by atoms with Crippen LogP contribution in [0.25, 0.3) is 0 Å². The number of likely N-dealkylation sites (tertiary alicyclic amines) is 1. The number of carbonyl (C=O) groups is 1. The van der Waals surface area contributed by atoms with Crippen LogP contribution in [0, 0.1) is 0 Å². The fourth-order valence-electron chi connectivity index (χ4n) is 2.74. The molecule has 1 fully saturated rings. The fraction of sp³-hybridized carbons (Fsp3) is 0.733. The summed E-state index contributed by atoms with van der Waals surface area (Å²) in [7, 11) is 0. The van der Waals surface area contributed by atoms with E-state index in [9.17, 15) is 9.90 Å². The molecule has 1 aromatic heterocycles. The van der Waals surface area contributed by atoms with E-state index in [-0.39, 0.29) is 6.04 Å². The van der Waals surface area contributed by atoms with E-state index in [0.29, 0.717) is 12.6 Å². The lowest BCUT2D eigenvalue weighted by atomic mass is 10.1. The molecule has 1 aliphatic heterocycles. The average Bonchev–Trinajstić information content (AvgIpc) is 2.76. The van der Waals surface area contributed by atoms with E-state index in [1.54, 1.807) is 0 Å². The van der Waals surface area contributed by atoms with Crippen molar-refractivity contribution in [3.05, 3.63) is 18.0 Å². The molecule has 0 radical (unpaired) electrons. The molecular weight excluding hydrogens is 254 g/mol. The van der Waals surface area contributed by atoms with Gasteiger partial charge in [-0.15, -0.1) is 0 Å². The van der Waals surface area contributed by atoms with E-state index in [1.165, 1.54) is 0 Å². The van der Waals surface area contributed by atoms with Crippen LogP contribution in [0.5, 0.6) is 0 Å². The topological polar surface area (TPSA) is 58.4 Å². The van der Waals surface area contributed by atoms with Crippen LogP contribution >= 0.6 is 0 Å². The maximum atomic E-state index is 11.4. The summed E-state index contributed by atoms with van der Waals surface area (Å²) >= 11 is 0. The van der Waals surface area contributed by atoms with Crippen LogP contribution in [0.15, 0.2) is 12.3 Å². The zero-order valence-electron chi connectivity index (χ0n) is 12.5. The van der Waals surface area contributed by atoms with Crippen molar-refractivity contribution in [3.63, 3.8) is 0 Å². The number of carboxylic acids is 1. The lowest BCUT2D eigenvalue weighted by Gasteiger charge is -2.25. The lowest BCUT2D eigenvalue weighted by Crippen LogP contribution is -2.40. The highest BCUT2D eigenvalue weighted by atomic mass is 16.4. The average molecular weight is 279 g/mol. The summed E-state index contributed by atoms with van der Waals surface area (Å²) in [5.41, 5.74) is 0.971. The molecule has 0 spiro atoms. The van der Waals surface area contributed by atoms with Gasteiger partial charge in [-0.3, -0.25) is 14.4 Å². The van der Waals surface area contributed by atoms with Crippen molar-refractivity contribution in [1.82, 2.24) is 14.7 Å². The Bertz CT molecular complexity index is 444. The maximum Gasteiger partial charge on any atom is 0.320 e. The van der Waals surface area contributed by atoms with Crippen LogP contribution in [0.2, 0.25) is 0 Å². The molecule has 1 aliphatic rings. The van der Waals surface area contributed by atoms with Gasteiger partial charge in [0.2, 0.25) is 0 Å². The second kappa shape index (κ2) is 6.88. The smallest absolute Gasteiger partial charge is 0.320 e. The molecular formula is C15H25N3O2. The quantitative estimate of drug-likeness (QED) is 0.900. The van der Waals surface area contributed by atoms with Gasteiger partial charge in [0.1, 0.15) is 6.04 Å². The Labute approximate surface area is 120 Å². The van der Waals surface area contributed by atoms with Crippen molar-refractivity contribution >= 4 is 5.97 Å². The molecule has 5 nitrogen and oxygen atoms in total. The van der Waals surface area contributed by atoms with Gasteiger partial charge in [-0.25, -0.2) is 0 Å². The van der Waals surface area contributed by atoms with Gasteiger partial charge < -0.3 is 5.11 Å². The highest BCUT2D eigenvalue weighted by molar-refractivity contribution is 5.73. The minimum Gasteiger partial charge on any atom is -0.480 e. The van der Waals surface area contributed by atoms with Gasteiger partial charge in [-0.1, -0.05) is 19.8 Å².